The lowest BCUT2D eigenvalue weighted by molar-refractivity contribution is -0.121. The largest absolute Gasteiger partial charge is 0.356 e. The Labute approximate surface area is 80.3 Å². The van der Waals surface area contributed by atoms with Crippen molar-refractivity contribution >= 4 is 5.91 Å². The van der Waals surface area contributed by atoms with E-state index in [0.29, 0.717) is 11.8 Å². The maximum atomic E-state index is 11.1. The van der Waals surface area contributed by atoms with Crippen LogP contribution in [0.4, 0.5) is 0 Å². The van der Waals surface area contributed by atoms with Crippen molar-refractivity contribution < 1.29 is 4.79 Å². The minimum Gasteiger partial charge on any atom is -0.356 e. The maximum absolute atomic E-state index is 11.1. The van der Waals surface area contributed by atoms with E-state index in [0.717, 1.165) is 32.5 Å². The molecule has 3 heteroatoms. The van der Waals surface area contributed by atoms with E-state index in [9.17, 15) is 4.79 Å². The Morgan fingerprint density at radius 2 is 2.08 bits per heavy atom. The highest BCUT2D eigenvalue weighted by atomic mass is 16.1. The van der Waals surface area contributed by atoms with Crippen molar-refractivity contribution in [3.63, 3.8) is 0 Å². The van der Waals surface area contributed by atoms with Gasteiger partial charge in [0.05, 0.1) is 0 Å². The number of piperidine rings is 1. The van der Waals surface area contributed by atoms with Crippen LogP contribution in [0.15, 0.2) is 0 Å². The summed E-state index contributed by atoms with van der Waals surface area (Å²) in [5.74, 6) is 0.166. The van der Waals surface area contributed by atoms with E-state index >= 15 is 0 Å². The molecule has 0 aromatic carbocycles. The summed E-state index contributed by atoms with van der Waals surface area (Å²) in [7, 11) is 0. The van der Waals surface area contributed by atoms with E-state index < -0.39 is 0 Å². The van der Waals surface area contributed by atoms with E-state index in [2.05, 4.69) is 17.6 Å². The lowest BCUT2D eigenvalue weighted by Crippen LogP contribution is -2.42. The summed E-state index contributed by atoms with van der Waals surface area (Å²) in [6.45, 7) is 7.14. The summed E-state index contributed by atoms with van der Waals surface area (Å²) in [6.07, 6.45) is 2.92. The van der Waals surface area contributed by atoms with Crippen LogP contribution in [0.5, 0.6) is 0 Å². The van der Waals surface area contributed by atoms with Crippen LogP contribution < -0.4 is 10.6 Å². The minimum atomic E-state index is 0.166. The molecule has 0 saturated carbocycles. The zero-order valence-electron chi connectivity index (χ0n) is 8.65. The van der Waals surface area contributed by atoms with Crippen LogP contribution in [0.2, 0.25) is 0 Å². The molecule has 0 bridgehead atoms. The number of nitrogens with one attached hydrogen (secondary N) is 2. The Bertz CT molecular complexity index is 174. The lowest BCUT2D eigenvalue weighted by Gasteiger charge is -2.34. The zero-order chi connectivity index (χ0) is 9.73. The first-order valence-electron chi connectivity index (χ1n) is 5.14. The predicted octanol–water partition coefficient (Wildman–Crippen LogP) is 0.902. The highest BCUT2D eigenvalue weighted by Crippen LogP contribution is 2.26. The van der Waals surface area contributed by atoms with Gasteiger partial charge in [0.2, 0.25) is 5.91 Å². The van der Waals surface area contributed by atoms with Crippen LogP contribution >= 0.6 is 0 Å². The molecule has 0 unspecified atom stereocenters. The fraction of sp³-hybridized carbons (Fsp3) is 0.900. The molecular formula is C10H20N2O. The molecule has 1 aliphatic rings. The SMILES string of the molecule is CCC(=O)NCC1(C)CCNCC1. The van der Waals surface area contributed by atoms with Gasteiger partial charge in [-0.1, -0.05) is 13.8 Å². The standard InChI is InChI=1S/C10H20N2O/c1-3-9(13)12-8-10(2)4-6-11-7-5-10/h11H,3-8H2,1-2H3,(H,12,13). The molecule has 0 radical (unpaired) electrons. The average molecular weight is 184 g/mol. The Morgan fingerprint density at radius 3 is 2.62 bits per heavy atom. The van der Waals surface area contributed by atoms with Gasteiger partial charge in [-0.05, 0) is 31.3 Å². The van der Waals surface area contributed by atoms with E-state index in [1.54, 1.807) is 0 Å². The van der Waals surface area contributed by atoms with Crippen molar-refractivity contribution in [2.45, 2.75) is 33.1 Å². The molecule has 0 aromatic heterocycles. The molecular weight excluding hydrogens is 164 g/mol. The second kappa shape index (κ2) is 4.61. The van der Waals surface area contributed by atoms with E-state index in [-0.39, 0.29) is 5.91 Å². The van der Waals surface area contributed by atoms with Crippen LogP contribution in [-0.2, 0) is 4.79 Å². The van der Waals surface area contributed by atoms with Crippen LogP contribution in [0.25, 0.3) is 0 Å². The molecule has 0 spiro atoms. The van der Waals surface area contributed by atoms with Gasteiger partial charge in [0.15, 0.2) is 0 Å². The van der Waals surface area contributed by atoms with Crippen LogP contribution in [0.3, 0.4) is 0 Å². The number of hydrogen-bond acceptors (Lipinski definition) is 2. The summed E-state index contributed by atoms with van der Waals surface area (Å²) in [5.41, 5.74) is 0.316. The molecule has 1 rings (SSSR count). The van der Waals surface area contributed by atoms with Crippen molar-refractivity contribution in [2.75, 3.05) is 19.6 Å². The maximum Gasteiger partial charge on any atom is 0.219 e. The third-order valence-corrected chi connectivity index (χ3v) is 2.84. The Balaban J connectivity index is 2.28. The number of carbonyl (C=O) groups excluding carboxylic acids is 1. The molecule has 1 aliphatic heterocycles. The summed E-state index contributed by atoms with van der Waals surface area (Å²) < 4.78 is 0. The zero-order valence-corrected chi connectivity index (χ0v) is 8.65. The molecule has 0 aliphatic carbocycles. The van der Waals surface area contributed by atoms with Gasteiger partial charge in [-0.15, -0.1) is 0 Å². The smallest absolute Gasteiger partial charge is 0.219 e. The molecule has 0 aromatic rings. The fourth-order valence-electron chi connectivity index (χ4n) is 1.64. The number of hydrogen-bond donors (Lipinski definition) is 2. The van der Waals surface area contributed by atoms with Gasteiger partial charge in [0, 0.05) is 13.0 Å². The summed E-state index contributed by atoms with van der Waals surface area (Å²) >= 11 is 0. The monoisotopic (exact) mass is 184 g/mol. The average Bonchev–Trinajstić information content (AvgIpc) is 2.15. The number of amides is 1. The summed E-state index contributed by atoms with van der Waals surface area (Å²) in [5, 5.41) is 6.30. The van der Waals surface area contributed by atoms with Gasteiger partial charge in [-0.3, -0.25) is 4.79 Å². The van der Waals surface area contributed by atoms with Gasteiger partial charge in [-0.25, -0.2) is 0 Å². The van der Waals surface area contributed by atoms with Crippen LogP contribution in [-0.4, -0.2) is 25.5 Å². The molecule has 0 atom stereocenters. The van der Waals surface area contributed by atoms with E-state index in [1.165, 1.54) is 0 Å². The van der Waals surface area contributed by atoms with Crippen molar-refractivity contribution in [2.24, 2.45) is 5.41 Å². The first kappa shape index (κ1) is 10.5. The second-order valence-corrected chi connectivity index (χ2v) is 4.19. The van der Waals surface area contributed by atoms with Crippen LogP contribution in [0, 0.1) is 5.41 Å². The van der Waals surface area contributed by atoms with Gasteiger partial charge in [0.25, 0.3) is 0 Å². The van der Waals surface area contributed by atoms with E-state index in [1.807, 2.05) is 6.92 Å². The minimum absolute atomic E-state index is 0.166. The summed E-state index contributed by atoms with van der Waals surface area (Å²) in [6, 6.07) is 0. The van der Waals surface area contributed by atoms with Crippen molar-refractivity contribution in [3.8, 4) is 0 Å². The molecule has 2 N–H and O–H groups in total. The quantitative estimate of drug-likeness (QED) is 0.684. The highest BCUT2D eigenvalue weighted by Gasteiger charge is 2.26. The second-order valence-electron chi connectivity index (χ2n) is 4.19. The molecule has 1 saturated heterocycles. The van der Waals surface area contributed by atoms with Crippen molar-refractivity contribution in [3.05, 3.63) is 0 Å². The van der Waals surface area contributed by atoms with Gasteiger partial charge in [-0.2, -0.15) is 0 Å². The topological polar surface area (TPSA) is 41.1 Å². The normalized spacial score (nSPS) is 21.1. The Hall–Kier alpha value is -0.570. The fourth-order valence-corrected chi connectivity index (χ4v) is 1.64. The molecule has 3 nitrogen and oxygen atoms in total. The number of rotatable bonds is 3. The van der Waals surface area contributed by atoms with Gasteiger partial charge in [0.1, 0.15) is 0 Å². The summed E-state index contributed by atoms with van der Waals surface area (Å²) in [4.78, 5) is 11.1. The Morgan fingerprint density at radius 1 is 1.46 bits per heavy atom. The van der Waals surface area contributed by atoms with E-state index in [4.69, 9.17) is 0 Å². The van der Waals surface area contributed by atoms with Crippen molar-refractivity contribution in [1.82, 2.24) is 10.6 Å². The highest BCUT2D eigenvalue weighted by molar-refractivity contribution is 5.75. The van der Waals surface area contributed by atoms with Gasteiger partial charge >= 0.3 is 0 Å². The van der Waals surface area contributed by atoms with Crippen molar-refractivity contribution in [1.29, 1.82) is 0 Å². The van der Waals surface area contributed by atoms with Gasteiger partial charge < -0.3 is 10.6 Å². The first-order valence-corrected chi connectivity index (χ1v) is 5.14. The Kier molecular flexibility index (Phi) is 3.72. The predicted molar refractivity (Wildman–Crippen MR) is 53.5 cm³/mol. The third kappa shape index (κ3) is 3.35. The third-order valence-electron chi connectivity index (χ3n) is 2.84. The molecule has 1 fully saturated rings. The molecule has 1 heterocycles. The lowest BCUT2D eigenvalue weighted by atomic mass is 9.81. The molecule has 13 heavy (non-hydrogen) atoms. The van der Waals surface area contributed by atoms with Crippen LogP contribution in [0.1, 0.15) is 33.1 Å². The molecule has 1 amide bonds. The molecule has 76 valence electrons. The first-order chi connectivity index (χ1) is 6.16. The number of carbonyl (C=O) groups is 1.